The summed E-state index contributed by atoms with van der Waals surface area (Å²) in [7, 11) is 4.80. The standard InChI is InChI=1S/C16H18ClNO3S/c1-10-5-6-22-14(10)9-18(2)16(19)11-7-12(17)15(21-4)13(8-11)20-3/h5-8H,9H2,1-4H3. The van der Waals surface area contributed by atoms with Crippen LogP contribution in [0.1, 0.15) is 20.8 Å². The van der Waals surface area contributed by atoms with Gasteiger partial charge in [-0.25, -0.2) is 0 Å². The molecule has 0 radical (unpaired) electrons. The molecule has 1 heterocycles. The van der Waals surface area contributed by atoms with Crippen molar-refractivity contribution in [2.75, 3.05) is 21.3 Å². The first kappa shape index (κ1) is 16.6. The van der Waals surface area contributed by atoms with E-state index in [2.05, 4.69) is 0 Å². The van der Waals surface area contributed by atoms with E-state index in [4.69, 9.17) is 21.1 Å². The van der Waals surface area contributed by atoms with Gasteiger partial charge in [0.2, 0.25) is 0 Å². The number of nitrogens with zero attached hydrogens (tertiary/aromatic N) is 1. The van der Waals surface area contributed by atoms with Crippen molar-refractivity contribution < 1.29 is 14.3 Å². The second-order valence-electron chi connectivity index (χ2n) is 4.88. The van der Waals surface area contributed by atoms with Gasteiger partial charge in [-0.1, -0.05) is 11.6 Å². The van der Waals surface area contributed by atoms with Crippen LogP contribution in [0.15, 0.2) is 23.6 Å². The summed E-state index contributed by atoms with van der Waals surface area (Å²) in [5, 5.41) is 2.38. The number of carbonyl (C=O) groups excluding carboxylic acids is 1. The van der Waals surface area contributed by atoms with Crippen molar-refractivity contribution in [3.8, 4) is 11.5 Å². The second-order valence-corrected chi connectivity index (χ2v) is 6.29. The summed E-state index contributed by atoms with van der Waals surface area (Å²) in [6.45, 7) is 2.60. The Hall–Kier alpha value is -1.72. The number of halogens is 1. The molecule has 22 heavy (non-hydrogen) atoms. The van der Waals surface area contributed by atoms with Crippen LogP contribution in [0.2, 0.25) is 5.02 Å². The third kappa shape index (κ3) is 3.36. The summed E-state index contributed by atoms with van der Waals surface area (Å²) in [6.07, 6.45) is 0. The molecule has 6 heteroatoms. The first-order valence-electron chi connectivity index (χ1n) is 6.67. The molecule has 0 N–H and O–H groups in total. The normalized spacial score (nSPS) is 10.4. The lowest BCUT2D eigenvalue weighted by Gasteiger charge is -2.18. The largest absolute Gasteiger partial charge is 0.493 e. The highest BCUT2D eigenvalue weighted by Gasteiger charge is 2.18. The number of benzene rings is 1. The molecule has 2 aromatic rings. The Morgan fingerprint density at radius 3 is 2.59 bits per heavy atom. The predicted octanol–water partition coefficient (Wildman–Crippen LogP) is 4.00. The number of hydrogen-bond donors (Lipinski definition) is 0. The highest BCUT2D eigenvalue weighted by molar-refractivity contribution is 7.10. The summed E-state index contributed by atoms with van der Waals surface area (Å²) in [5.74, 6) is 0.757. The lowest BCUT2D eigenvalue weighted by Crippen LogP contribution is -2.26. The molecule has 0 aliphatic heterocycles. The van der Waals surface area contributed by atoms with Gasteiger partial charge in [-0.05, 0) is 36.1 Å². The molecule has 1 aromatic heterocycles. The fourth-order valence-electron chi connectivity index (χ4n) is 2.12. The molecular formula is C16H18ClNO3S. The topological polar surface area (TPSA) is 38.8 Å². The Bertz CT molecular complexity index is 684. The lowest BCUT2D eigenvalue weighted by atomic mass is 10.1. The van der Waals surface area contributed by atoms with Gasteiger partial charge in [-0.15, -0.1) is 11.3 Å². The number of thiophene rings is 1. The van der Waals surface area contributed by atoms with Gasteiger partial charge >= 0.3 is 0 Å². The zero-order chi connectivity index (χ0) is 16.3. The molecular weight excluding hydrogens is 322 g/mol. The summed E-state index contributed by atoms with van der Waals surface area (Å²) in [6, 6.07) is 5.29. The highest BCUT2D eigenvalue weighted by atomic mass is 35.5. The van der Waals surface area contributed by atoms with Gasteiger partial charge in [-0.3, -0.25) is 4.79 Å². The molecule has 0 saturated carbocycles. The molecule has 0 saturated heterocycles. The Balaban J connectivity index is 2.25. The number of methoxy groups -OCH3 is 2. The van der Waals surface area contributed by atoms with Crippen LogP contribution in [-0.4, -0.2) is 32.1 Å². The highest BCUT2D eigenvalue weighted by Crippen LogP contribution is 2.36. The number of ether oxygens (including phenoxy) is 2. The fraction of sp³-hybridized carbons (Fsp3) is 0.312. The zero-order valence-corrected chi connectivity index (χ0v) is 14.5. The number of aryl methyl sites for hydroxylation is 1. The van der Waals surface area contributed by atoms with Crippen molar-refractivity contribution in [1.29, 1.82) is 0 Å². The lowest BCUT2D eigenvalue weighted by molar-refractivity contribution is 0.0786. The van der Waals surface area contributed by atoms with Crippen LogP contribution in [0.25, 0.3) is 0 Å². The fourth-order valence-corrected chi connectivity index (χ4v) is 3.36. The van der Waals surface area contributed by atoms with E-state index >= 15 is 0 Å². The molecule has 0 aliphatic rings. The Labute approximate surface area is 139 Å². The summed E-state index contributed by atoms with van der Waals surface area (Å²) in [4.78, 5) is 15.4. The quantitative estimate of drug-likeness (QED) is 0.826. The van der Waals surface area contributed by atoms with Crippen molar-refractivity contribution in [3.63, 3.8) is 0 Å². The van der Waals surface area contributed by atoms with Crippen molar-refractivity contribution >= 4 is 28.8 Å². The zero-order valence-electron chi connectivity index (χ0n) is 13.0. The summed E-state index contributed by atoms with van der Waals surface area (Å²) in [5.41, 5.74) is 1.66. The third-order valence-corrected chi connectivity index (χ3v) is 4.66. The first-order valence-corrected chi connectivity index (χ1v) is 7.93. The first-order chi connectivity index (χ1) is 10.5. The van der Waals surface area contributed by atoms with Gasteiger partial charge in [0.25, 0.3) is 5.91 Å². The Morgan fingerprint density at radius 1 is 1.32 bits per heavy atom. The van der Waals surface area contributed by atoms with Crippen LogP contribution in [0.4, 0.5) is 0 Å². The molecule has 0 spiro atoms. The van der Waals surface area contributed by atoms with Crippen molar-refractivity contribution in [1.82, 2.24) is 4.90 Å². The van der Waals surface area contributed by atoms with Gasteiger partial charge in [0.15, 0.2) is 11.5 Å². The Kier molecular flexibility index (Phi) is 5.32. The number of hydrogen-bond acceptors (Lipinski definition) is 4. The molecule has 1 amide bonds. The third-order valence-electron chi connectivity index (χ3n) is 3.38. The van der Waals surface area contributed by atoms with E-state index in [1.165, 1.54) is 24.7 Å². The van der Waals surface area contributed by atoms with Crippen LogP contribution in [0, 0.1) is 6.92 Å². The van der Waals surface area contributed by atoms with Gasteiger partial charge in [-0.2, -0.15) is 0 Å². The van der Waals surface area contributed by atoms with E-state index in [1.807, 2.05) is 18.4 Å². The summed E-state index contributed by atoms with van der Waals surface area (Å²) >= 11 is 7.80. The molecule has 4 nitrogen and oxygen atoms in total. The molecule has 0 aliphatic carbocycles. The van der Waals surface area contributed by atoms with Crippen LogP contribution in [0.3, 0.4) is 0 Å². The van der Waals surface area contributed by atoms with E-state index in [0.29, 0.717) is 28.6 Å². The maximum Gasteiger partial charge on any atom is 0.254 e. The molecule has 0 unspecified atom stereocenters. The molecule has 0 bridgehead atoms. The Morgan fingerprint density at radius 2 is 2.05 bits per heavy atom. The second kappa shape index (κ2) is 7.03. The smallest absolute Gasteiger partial charge is 0.254 e. The molecule has 2 rings (SSSR count). The molecule has 1 aromatic carbocycles. The number of carbonyl (C=O) groups is 1. The van der Waals surface area contributed by atoms with Gasteiger partial charge in [0.1, 0.15) is 0 Å². The average molecular weight is 340 g/mol. The minimum atomic E-state index is -0.115. The van der Waals surface area contributed by atoms with E-state index in [9.17, 15) is 4.79 Å². The maximum atomic E-state index is 12.6. The van der Waals surface area contributed by atoms with Crippen molar-refractivity contribution in [2.24, 2.45) is 0 Å². The van der Waals surface area contributed by atoms with Gasteiger partial charge in [0.05, 0.1) is 25.8 Å². The van der Waals surface area contributed by atoms with Crippen LogP contribution >= 0.6 is 22.9 Å². The van der Waals surface area contributed by atoms with Gasteiger partial charge in [0, 0.05) is 17.5 Å². The van der Waals surface area contributed by atoms with E-state index < -0.39 is 0 Å². The predicted molar refractivity (Wildman–Crippen MR) is 89.4 cm³/mol. The van der Waals surface area contributed by atoms with Crippen molar-refractivity contribution in [3.05, 3.63) is 44.6 Å². The number of rotatable bonds is 5. The number of amides is 1. The summed E-state index contributed by atoms with van der Waals surface area (Å²) < 4.78 is 10.4. The van der Waals surface area contributed by atoms with Crippen LogP contribution in [-0.2, 0) is 6.54 Å². The van der Waals surface area contributed by atoms with Crippen molar-refractivity contribution in [2.45, 2.75) is 13.5 Å². The SMILES string of the molecule is COc1cc(C(=O)N(C)Cc2sccc2C)cc(Cl)c1OC. The van der Waals surface area contributed by atoms with E-state index in [0.717, 1.165) is 0 Å². The van der Waals surface area contributed by atoms with E-state index in [-0.39, 0.29) is 5.91 Å². The molecule has 0 atom stereocenters. The molecule has 118 valence electrons. The minimum Gasteiger partial charge on any atom is -0.493 e. The molecule has 0 fully saturated rings. The van der Waals surface area contributed by atoms with E-state index in [1.54, 1.807) is 35.4 Å². The van der Waals surface area contributed by atoms with Gasteiger partial charge < -0.3 is 14.4 Å². The monoisotopic (exact) mass is 339 g/mol. The van der Waals surface area contributed by atoms with Crippen LogP contribution in [0.5, 0.6) is 11.5 Å². The average Bonchev–Trinajstić information content (AvgIpc) is 2.90. The van der Waals surface area contributed by atoms with Crippen LogP contribution < -0.4 is 9.47 Å². The minimum absolute atomic E-state index is 0.115. The maximum absolute atomic E-state index is 12.6.